The van der Waals surface area contributed by atoms with E-state index in [1.165, 1.54) is 4.90 Å². The number of nitrogens with zero attached hydrogens (tertiary/aromatic N) is 2. The number of allylic oxidation sites excluding steroid dienone is 1. The number of rotatable bonds is 4. The van der Waals surface area contributed by atoms with Crippen LogP contribution < -0.4 is 5.32 Å². The summed E-state index contributed by atoms with van der Waals surface area (Å²) in [6.07, 6.45) is 1.02. The largest absolute Gasteiger partial charge is 0.510 e. The van der Waals surface area contributed by atoms with Gasteiger partial charge in [0.2, 0.25) is 11.7 Å². The molecule has 1 saturated heterocycles. The molecule has 3 aliphatic carbocycles. The first-order chi connectivity index (χ1) is 19.1. The number of aromatic hydroxyl groups is 1. The molecular formula is C29H34FN3O8. The first-order valence-electron chi connectivity index (χ1n) is 13.5. The average molecular weight is 572 g/mol. The van der Waals surface area contributed by atoms with Gasteiger partial charge >= 0.3 is 0 Å². The Morgan fingerprint density at radius 1 is 1.20 bits per heavy atom. The fraction of sp³-hybridized carbons (Fsp3) is 0.517. The highest BCUT2D eigenvalue weighted by Gasteiger charge is 2.65. The van der Waals surface area contributed by atoms with E-state index >= 15 is 4.39 Å². The van der Waals surface area contributed by atoms with Gasteiger partial charge in [0.25, 0.3) is 0 Å². The summed E-state index contributed by atoms with van der Waals surface area (Å²) in [6.45, 7) is 3.31. The van der Waals surface area contributed by atoms with Gasteiger partial charge in [-0.2, -0.15) is 0 Å². The topological polar surface area (TPSA) is 168 Å². The van der Waals surface area contributed by atoms with Crippen molar-refractivity contribution in [2.45, 2.75) is 57.2 Å². The Bertz CT molecular complexity index is 1480. The number of amides is 1. The predicted molar refractivity (Wildman–Crippen MR) is 144 cm³/mol. The van der Waals surface area contributed by atoms with Crippen LogP contribution >= 0.6 is 0 Å². The lowest BCUT2D eigenvalue weighted by atomic mass is 9.53. The number of phenols is 1. The highest BCUT2D eigenvalue weighted by molar-refractivity contribution is 6.25. The number of carbonyl (C=O) groups is 4. The lowest BCUT2D eigenvalue weighted by Crippen LogP contribution is -2.64. The van der Waals surface area contributed by atoms with Crippen LogP contribution in [0.2, 0.25) is 0 Å². The third-order valence-electron chi connectivity index (χ3n) is 9.26. The van der Waals surface area contributed by atoms with E-state index in [9.17, 15) is 39.6 Å². The van der Waals surface area contributed by atoms with Gasteiger partial charge in [-0.1, -0.05) is 6.92 Å². The van der Waals surface area contributed by atoms with Gasteiger partial charge in [-0.3, -0.25) is 29.0 Å². The number of aliphatic hydroxyl groups excluding tert-OH is 2. The van der Waals surface area contributed by atoms with E-state index in [2.05, 4.69) is 5.32 Å². The number of phenolic OH excluding ortho intramolecular Hbond substituents is 1. The van der Waals surface area contributed by atoms with Gasteiger partial charge < -0.3 is 25.7 Å². The Labute approximate surface area is 235 Å². The van der Waals surface area contributed by atoms with Gasteiger partial charge in [0.05, 0.1) is 23.3 Å². The van der Waals surface area contributed by atoms with Crippen molar-refractivity contribution in [2.24, 2.45) is 11.3 Å². The van der Waals surface area contributed by atoms with E-state index < -0.39 is 92.1 Å². The van der Waals surface area contributed by atoms with Crippen molar-refractivity contribution in [2.75, 3.05) is 33.0 Å². The maximum atomic E-state index is 15.6. The van der Waals surface area contributed by atoms with Crippen LogP contribution in [0.4, 0.5) is 10.1 Å². The van der Waals surface area contributed by atoms with E-state index in [-0.39, 0.29) is 24.1 Å². The van der Waals surface area contributed by atoms with Crippen molar-refractivity contribution in [1.82, 2.24) is 9.80 Å². The fourth-order valence-corrected chi connectivity index (χ4v) is 7.30. The van der Waals surface area contributed by atoms with Crippen LogP contribution in [0.25, 0.3) is 0 Å². The minimum absolute atomic E-state index is 0.138. The van der Waals surface area contributed by atoms with Crippen molar-refractivity contribution in [3.05, 3.63) is 45.7 Å². The molecule has 12 heteroatoms. The Morgan fingerprint density at radius 3 is 2.41 bits per heavy atom. The van der Waals surface area contributed by atoms with E-state index in [4.69, 9.17) is 0 Å². The zero-order chi connectivity index (χ0) is 30.3. The number of ketones is 3. The molecule has 1 aromatic rings. The molecular weight excluding hydrogens is 537 g/mol. The molecule has 0 bridgehead atoms. The lowest BCUT2D eigenvalue weighted by molar-refractivity contribution is -0.150. The van der Waals surface area contributed by atoms with Gasteiger partial charge in [0, 0.05) is 28.5 Å². The highest BCUT2D eigenvalue weighted by atomic mass is 19.1. The number of aliphatic hydroxyl groups is 3. The smallest absolute Gasteiger partial charge is 0.241 e. The van der Waals surface area contributed by atoms with Crippen molar-refractivity contribution in [3.8, 4) is 5.75 Å². The van der Waals surface area contributed by atoms with E-state index in [0.717, 1.165) is 19.4 Å². The number of carbonyl (C=O) groups excluding carboxylic acids is 4. The van der Waals surface area contributed by atoms with E-state index in [0.29, 0.717) is 13.0 Å². The molecule has 4 aliphatic rings. The van der Waals surface area contributed by atoms with Crippen molar-refractivity contribution in [3.63, 3.8) is 0 Å². The number of hydrogen-bond acceptors (Lipinski definition) is 10. The number of halogens is 1. The molecule has 5 rings (SSSR count). The molecule has 1 amide bonds. The van der Waals surface area contributed by atoms with Crippen LogP contribution in [0.1, 0.15) is 49.0 Å². The number of likely N-dealkylation sites (tertiary alicyclic amines) is 1. The molecule has 220 valence electrons. The Morgan fingerprint density at radius 2 is 1.85 bits per heavy atom. The van der Waals surface area contributed by atoms with Crippen LogP contribution in [0.3, 0.4) is 0 Å². The number of likely N-dealkylation sites (N-methyl/N-ethyl adjacent to an activating group) is 2. The summed E-state index contributed by atoms with van der Waals surface area (Å²) in [6, 6.07) is -0.630. The standard InChI is InChI=1S/C29H34FN3O8/c1-12(34)18-24(37)21(32(3)4)14-11-28(2)10-13-15(30)9-16(31-27(40)17-7-6-8-33(17)5)22(35)19(13)23(36)20(28)26(39)29(14,41)25(18)38/h9,14,17,21,35,37,39,41H,6-8,10-11H2,1-5H3,(H,31,40)/t14-,17-,21-,28-,29+/m0/s1. The molecule has 0 spiro atoms. The molecule has 5 atom stereocenters. The number of nitrogens with one attached hydrogen (secondary N) is 1. The predicted octanol–water partition coefficient (Wildman–Crippen LogP) is 1.79. The maximum Gasteiger partial charge on any atom is 0.241 e. The summed E-state index contributed by atoms with van der Waals surface area (Å²) >= 11 is 0. The van der Waals surface area contributed by atoms with Crippen molar-refractivity contribution < 1.29 is 44.0 Å². The maximum absolute atomic E-state index is 15.6. The van der Waals surface area contributed by atoms with Crippen LogP contribution in [0, 0.1) is 17.2 Å². The monoisotopic (exact) mass is 571 g/mol. The molecule has 1 aliphatic heterocycles. The zero-order valence-electron chi connectivity index (χ0n) is 23.5. The number of hydrogen-bond donors (Lipinski definition) is 5. The summed E-state index contributed by atoms with van der Waals surface area (Å²) in [5.74, 6) is -7.86. The van der Waals surface area contributed by atoms with Crippen LogP contribution in [-0.2, 0) is 20.8 Å². The third kappa shape index (κ3) is 3.95. The first kappa shape index (κ1) is 28.9. The number of benzene rings is 1. The summed E-state index contributed by atoms with van der Waals surface area (Å²) in [5.41, 5.74) is -6.08. The van der Waals surface area contributed by atoms with Gasteiger partial charge in [0.1, 0.15) is 22.9 Å². The van der Waals surface area contributed by atoms with Gasteiger partial charge in [0.15, 0.2) is 22.9 Å². The van der Waals surface area contributed by atoms with Gasteiger partial charge in [-0.05, 0) is 60.3 Å². The third-order valence-corrected chi connectivity index (χ3v) is 9.26. The molecule has 41 heavy (non-hydrogen) atoms. The van der Waals surface area contributed by atoms with Crippen LogP contribution in [0.15, 0.2) is 28.7 Å². The molecule has 1 heterocycles. The van der Waals surface area contributed by atoms with E-state index in [1.54, 1.807) is 28.1 Å². The minimum Gasteiger partial charge on any atom is -0.510 e. The summed E-state index contributed by atoms with van der Waals surface area (Å²) in [7, 11) is 4.89. The Balaban J connectivity index is 1.66. The molecule has 0 aromatic heterocycles. The van der Waals surface area contributed by atoms with Crippen molar-refractivity contribution in [1.29, 1.82) is 0 Å². The lowest BCUT2D eigenvalue weighted by Gasteiger charge is -2.53. The summed E-state index contributed by atoms with van der Waals surface area (Å²) in [4.78, 5) is 56.0. The number of fused-ring (bicyclic) bond motifs is 3. The van der Waals surface area contributed by atoms with Crippen molar-refractivity contribution >= 4 is 28.9 Å². The van der Waals surface area contributed by atoms with E-state index in [1.807, 2.05) is 4.90 Å². The highest BCUT2D eigenvalue weighted by Crippen LogP contribution is 2.58. The van der Waals surface area contributed by atoms with Crippen LogP contribution in [-0.4, -0.2) is 98.9 Å². The number of anilines is 1. The Hall–Kier alpha value is -3.61. The van der Waals surface area contributed by atoms with Crippen LogP contribution in [0.5, 0.6) is 5.75 Å². The first-order valence-corrected chi connectivity index (χ1v) is 13.5. The minimum atomic E-state index is -2.74. The molecule has 1 fully saturated rings. The van der Waals surface area contributed by atoms with Gasteiger partial charge in [-0.15, -0.1) is 0 Å². The summed E-state index contributed by atoms with van der Waals surface area (Å²) in [5, 5.41) is 47.9. The molecule has 0 saturated carbocycles. The normalized spacial score (nSPS) is 31.8. The number of Topliss-reactive ketones (excluding diaryl/α,β-unsaturated/α-hetero) is 3. The molecule has 11 nitrogen and oxygen atoms in total. The molecule has 0 unspecified atom stereocenters. The second kappa shape index (κ2) is 9.47. The Kier molecular flexibility index (Phi) is 6.67. The molecule has 1 aromatic carbocycles. The second-order valence-electron chi connectivity index (χ2n) is 12.2. The molecule has 5 N–H and O–H groups in total. The average Bonchev–Trinajstić information content (AvgIpc) is 3.30. The fourth-order valence-electron chi connectivity index (χ4n) is 7.30. The molecule has 0 radical (unpaired) electrons. The zero-order valence-corrected chi connectivity index (χ0v) is 23.5. The SMILES string of the molecule is CC(=O)C1=C(O)[C@@H](N(C)C)[C@@H]2C[C@]3(C)Cc4c(F)cc(NC(=O)[C@@H]5CCCN5C)c(O)c4C(=O)C3=C(O)[C@]2(O)C1=O. The quantitative estimate of drug-likeness (QED) is 0.265. The second-order valence-corrected chi connectivity index (χ2v) is 12.2. The summed E-state index contributed by atoms with van der Waals surface area (Å²) < 4.78 is 15.6. The van der Waals surface area contributed by atoms with Gasteiger partial charge in [-0.25, -0.2) is 4.39 Å².